The van der Waals surface area contributed by atoms with Gasteiger partial charge < -0.3 is 4.90 Å². The van der Waals surface area contributed by atoms with Crippen molar-refractivity contribution in [3.63, 3.8) is 0 Å². The van der Waals surface area contributed by atoms with Crippen molar-refractivity contribution in [3.05, 3.63) is 24.0 Å². The number of rotatable bonds is 4. The summed E-state index contributed by atoms with van der Waals surface area (Å²) in [7, 11) is 0. The Hall–Kier alpha value is -0.760. The van der Waals surface area contributed by atoms with Crippen LogP contribution in [0.1, 0.15) is 44.7 Å². The third kappa shape index (κ3) is 3.61. The van der Waals surface area contributed by atoms with Gasteiger partial charge in [0, 0.05) is 25.0 Å². The van der Waals surface area contributed by atoms with E-state index in [0.717, 1.165) is 11.6 Å². The standard InChI is InChI=1S/C15H23ClN2/c1-2-4-13-5-3-9-18(10-7-13)15-6-8-17-14(11-15)12-16/h6,8,11,13H,2-5,7,9-10,12H2,1H3. The summed E-state index contributed by atoms with van der Waals surface area (Å²) in [5, 5.41) is 0. The maximum absolute atomic E-state index is 5.85. The molecule has 0 aromatic carbocycles. The second kappa shape index (κ2) is 6.98. The van der Waals surface area contributed by atoms with Gasteiger partial charge in [0.25, 0.3) is 0 Å². The summed E-state index contributed by atoms with van der Waals surface area (Å²) in [4.78, 5) is 6.76. The molecule has 0 spiro atoms. The number of alkyl halides is 1. The minimum absolute atomic E-state index is 0.500. The Morgan fingerprint density at radius 1 is 1.39 bits per heavy atom. The molecule has 100 valence electrons. The van der Waals surface area contributed by atoms with Crippen LogP contribution in [0.25, 0.3) is 0 Å². The van der Waals surface area contributed by atoms with E-state index in [-0.39, 0.29) is 0 Å². The van der Waals surface area contributed by atoms with Gasteiger partial charge in [-0.15, -0.1) is 11.6 Å². The summed E-state index contributed by atoms with van der Waals surface area (Å²) >= 11 is 5.85. The highest BCUT2D eigenvalue weighted by Crippen LogP contribution is 2.25. The van der Waals surface area contributed by atoms with Gasteiger partial charge in [0.05, 0.1) is 11.6 Å². The molecule has 1 saturated heterocycles. The van der Waals surface area contributed by atoms with Crippen LogP contribution in [-0.4, -0.2) is 18.1 Å². The topological polar surface area (TPSA) is 16.1 Å². The van der Waals surface area contributed by atoms with Crippen molar-refractivity contribution in [2.45, 2.75) is 44.9 Å². The van der Waals surface area contributed by atoms with Crippen LogP contribution in [0.5, 0.6) is 0 Å². The van der Waals surface area contributed by atoms with E-state index < -0.39 is 0 Å². The Labute approximate surface area is 115 Å². The Bertz CT molecular complexity index is 367. The number of aromatic nitrogens is 1. The highest BCUT2D eigenvalue weighted by molar-refractivity contribution is 6.16. The van der Waals surface area contributed by atoms with Crippen LogP contribution in [0.2, 0.25) is 0 Å². The first-order valence-corrected chi connectivity index (χ1v) is 7.62. The zero-order valence-corrected chi connectivity index (χ0v) is 12.0. The fourth-order valence-electron chi connectivity index (χ4n) is 2.86. The van der Waals surface area contributed by atoms with E-state index >= 15 is 0 Å². The van der Waals surface area contributed by atoms with Crippen molar-refractivity contribution in [1.29, 1.82) is 0 Å². The molecule has 0 N–H and O–H groups in total. The lowest BCUT2D eigenvalue weighted by atomic mass is 9.96. The van der Waals surface area contributed by atoms with Crippen molar-refractivity contribution < 1.29 is 0 Å². The fraction of sp³-hybridized carbons (Fsp3) is 0.667. The molecular weight excluding hydrogens is 244 g/mol. The second-order valence-corrected chi connectivity index (χ2v) is 5.48. The molecule has 0 radical (unpaired) electrons. The van der Waals surface area contributed by atoms with Gasteiger partial charge in [-0.2, -0.15) is 0 Å². The first-order chi connectivity index (χ1) is 8.83. The van der Waals surface area contributed by atoms with Gasteiger partial charge in [-0.25, -0.2) is 0 Å². The van der Waals surface area contributed by atoms with Crippen LogP contribution in [0, 0.1) is 5.92 Å². The lowest BCUT2D eigenvalue weighted by Crippen LogP contribution is -2.24. The molecule has 2 nitrogen and oxygen atoms in total. The summed E-state index contributed by atoms with van der Waals surface area (Å²) in [6.07, 6.45) is 8.60. The van der Waals surface area contributed by atoms with Gasteiger partial charge >= 0.3 is 0 Å². The van der Waals surface area contributed by atoms with Crippen molar-refractivity contribution in [3.8, 4) is 0 Å². The van der Waals surface area contributed by atoms with Gasteiger partial charge in [0.15, 0.2) is 0 Å². The maximum Gasteiger partial charge on any atom is 0.0648 e. The molecule has 3 heteroatoms. The number of hydrogen-bond acceptors (Lipinski definition) is 2. The van der Waals surface area contributed by atoms with Crippen molar-refractivity contribution in [2.75, 3.05) is 18.0 Å². The number of halogens is 1. The largest absolute Gasteiger partial charge is 0.371 e. The van der Waals surface area contributed by atoms with Gasteiger partial charge in [-0.05, 0) is 37.3 Å². The summed E-state index contributed by atoms with van der Waals surface area (Å²) in [5.74, 6) is 1.43. The van der Waals surface area contributed by atoms with Crippen LogP contribution in [0.4, 0.5) is 5.69 Å². The van der Waals surface area contributed by atoms with Gasteiger partial charge in [0.1, 0.15) is 0 Å². The zero-order chi connectivity index (χ0) is 12.8. The summed E-state index contributed by atoms with van der Waals surface area (Å²) in [5.41, 5.74) is 2.27. The molecule has 0 aliphatic carbocycles. The second-order valence-electron chi connectivity index (χ2n) is 5.21. The Balaban J connectivity index is 2.00. The minimum atomic E-state index is 0.500. The minimum Gasteiger partial charge on any atom is -0.371 e. The molecule has 1 aliphatic heterocycles. The highest BCUT2D eigenvalue weighted by Gasteiger charge is 2.16. The van der Waals surface area contributed by atoms with E-state index in [4.69, 9.17) is 11.6 Å². The van der Waals surface area contributed by atoms with Crippen LogP contribution in [0.3, 0.4) is 0 Å². The van der Waals surface area contributed by atoms with Crippen LogP contribution >= 0.6 is 11.6 Å². The molecule has 1 aromatic rings. The summed E-state index contributed by atoms with van der Waals surface area (Å²) < 4.78 is 0. The number of hydrogen-bond donors (Lipinski definition) is 0. The van der Waals surface area contributed by atoms with Gasteiger partial charge in [-0.1, -0.05) is 19.8 Å². The third-order valence-electron chi connectivity index (χ3n) is 3.85. The lowest BCUT2D eigenvalue weighted by Gasteiger charge is -2.23. The predicted octanol–water partition coefficient (Wildman–Crippen LogP) is 4.23. The molecule has 2 heterocycles. The molecular formula is C15H23ClN2. The molecule has 2 rings (SSSR count). The lowest BCUT2D eigenvalue weighted by molar-refractivity contribution is 0.435. The number of pyridine rings is 1. The molecule has 1 unspecified atom stereocenters. The van der Waals surface area contributed by atoms with Gasteiger partial charge in [-0.3, -0.25) is 4.98 Å². The van der Waals surface area contributed by atoms with Crippen LogP contribution < -0.4 is 4.90 Å². The Kier molecular flexibility index (Phi) is 5.30. The first-order valence-electron chi connectivity index (χ1n) is 7.09. The Morgan fingerprint density at radius 3 is 3.06 bits per heavy atom. The zero-order valence-electron chi connectivity index (χ0n) is 11.2. The van der Waals surface area contributed by atoms with E-state index in [2.05, 4.69) is 28.9 Å². The fourth-order valence-corrected chi connectivity index (χ4v) is 3.00. The maximum atomic E-state index is 5.85. The molecule has 1 aliphatic rings. The van der Waals surface area contributed by atoms with Crippen LogP contribution in [0.15, 0.2) is 18.3 Å². The molecule has 0 bridgehead atoms. The van der Waals surface area contributed by atoms with E-state index in [0.29, 0.717) is 5.88 Å². The van der Waals surface area contributed by atoms with Gasteiger partial charge in [0.2, 0.25) is 0 Å². The average molecular weight is 267 g/mol. The molecule has 0 amide bonds. The normalized spacial score (nSPS) is 20.8. The molecule has 1 fully saturated rings. The SMILES string of the molecule is CCCC1CCCN(c2ccnc(CCl)c2)CC1. The van der Waals surface area contributed by atoms with Crippen molar-refractivity contribution in [2.24, 2.45) is 5.92 Å². The van der Waals surface area contributed by atoms with Crippen molar-refractivity contribution >= 4 is 17.3 Å². The molecule has 1 aromatic heterocycles. The smallest absolute Gasteiger partial charge is 0.0648 e. The highest BCUT2D eigenvalue weighted by atomic mass is 35.5. The summed E-state index contributed by atoms with van der Waals surface area (Å²) in [6.45, 7) is 4.64. The third-order valence-corrected chi connectivity index (χ3v) is 4.12. The van der Waals surface area contributed by atoms with E-state index in [9.17, 15) is 0 Å². The van der Waals surface area contributed by atoms with E-state index in [1.165, 1.54) is 50.9 Å². The first kappa shape index (κ1) is 13.7. The monoisotopic (exact) mass is 266 g/mol. The van der Waals surface area contributed by atoms with Crippen LogP contribution in [-0.2, 0) is 5.88 Å². The summed E-state index contributed by atoms with van der Waals surface area (Å²) in [6, 6.07) is 4.24. The van der Waals surface area contributed by atoms with Crippen molar-refractivity contribution in [1.82, 2.24) is 4.98 Å². The quantitative estimate of drug-likeness (QED) is 0.759. The Morgan fingerprint density at radius 2 is 2.28 bits per heavy atom. The van der Waals surface area contributed by atoms with E-state index in [1.807, 2.05) is 6.20 Å². The number of nitrogens with zero attached hydrogens (tertiary/aromatic N) is 2. The molecule has 0 saturated carbocycles. The predicted molar refractivity (Wildman–Crippen MR) is 78.3 cm³/mol. The molecule has 18 heavy (non-hydrogen) atoms. The van der Waals surface area contributed by atoms with E-state index in [1.54, 1.807) is 0 Å². The number of anilines is 1. The molecule has 1 atom stereocenters. The average Bonchev–Trinajstić information content (AvgIpc) is 2.65.